The number of aryl methyl sites for hydroxylation is 1. The molecule has 0 saturated carbocycles. The molecule has 2 rings (SSSR count). The summed E-state index contributed by atoms with van der Waals surface area (Å²) in [6.45, 7) is 3.21. The molecule has 1 heterocycles. The minimum atomic E-state index is -4.05. The largest absolute Gasteiger partial charge is 0.462 e. The highest BCUT2D eigenvalue weighted by molar-refractivity contribution is 7.92. The predicted octanol–water partition coefficient (Wildman–Crippen LogP) is 2.10. The highest BCUT2D eigenvalue weighted by Crippen LogP contribution is 2.23. The van der Waals surface area contributed by atoms with Gasteiger partial charge in [0.15, 0.2) is 0 Å². The maximum atomic E-state index is 12.9. The molecule has 7 nitrogen and oxygen atoms in total. The monoisotopic (exact) mass is 328 g/mol. The summed E-state index contributed by atoms with van der Waals surface area (Å²) in [5, 5.41) is 3.55. The van der Waals surface area contributed by atoms with E-state index in [1.165, 1.54) is 6.92 Å². The maximum Gasteiger partial charge on any atom is 0.345 e. The van der Waals surface area contributed by atoms with E-state index >= 15 is 0 Å². The van der Waals surface area contributed by atoms with E-state index in [1.54, 1.807) is 6.92 Å². The minimum absolute atomic E-state index is 0.104. The molecular formula is C13H13FN2O5S. The van der Waals surface area contributed by atoms with Crippen LogP contribution in [0.4, 0.5) is 10.3 Å². The van der Waals surface area contributed by atoms with Gasteiger partial charge in [-0.1, -0.05) is 5.16 Å². The molecule has 0 unspecified atom stereocenters. The van der Waals surface area contributed by atoms with Crippen LogP contribution in [0.3, 0.4) is 0 Å². The fraction of sp³-hybridized carbons (Fsp3) is 0.231. The number of sulfonamides is 1. The Balaban J connectivity index is 2.34. The summed E-state index contributed by atoms with van der Waals surface area (Å²) in [5.74, 6) is -1.67. The number of carbonyl (C=O) groups excluding carboxylic acids is 1. The van der Waals surface area contributed by atoms with Gasteiger partial charge in [-0.3, -0.25) is 0 Å². The predicted molar refractivity (Wildman–Crippen MR) is 74.4 cm³/mol. The van der Waals surface area contributed by atoms with Gasteiger partial charge in [-0.25, -0.2) is 22.3 Å². The lowest BCUT2D eigenvalue weighted by Crippen LogP contribution is -2.16. The lowest BCUT2D eigenvalue weighted by Gasteiger charge is -2.06. The van der Waals surface area contributed by atoms with E-state index in [-0.39, 0.29) is 28.6 Å². The van der Waals surface area contributed by atoms with E-state index in [9.17, 15) is 17.6 Å². The summed E-state index contributed by atoms with van der Waals surface area (Å²) in [6, 6.07) is 4.19. The fourth-order valence-corrected chi connectivity index (χ4v) is 2.67. The van der Waals surface area contributed by atoms with Crippen molar-refractivity contribution in [3.05, 3.63) is 41.3 Å². The zero-order valence-electron chi connectivity index (χ0n) is 11.8. The van der Waals surface area contributed by atoms with E-state index in [2.05, 4.69) is 9.88 Å². The number of rotatable bonds is 5. The van der Waals surface area contributed by atoms with E-state index in [0.29, 0.717) is 0 Å². The topological polar surface area (TPSA) is 98.5 Å². The van der Waals surface area contributed by atoms with Crippen LogP contribution in [0, 0.1) is 12.7 Å². The van der Waals surface area contributed by atoms with Crippen molar-refractivity contribution in [2.24, 2.45) is 0 Å². The molecule has 0 saturated heterocycles. The van der Waals surface area contributed by atoms with Gasteiger partial charge in [-0.05, 0) is 38.1 Å². The van der Waals surface area contributed by atoms with Crippen LogP contribution in [0.1, 0.15) is 23.0 Å². The SMILES string of the molecule is CCOC(=O)c1c(C)noc1NS(=O)(=O)c1ccc(F)cc1. The van der Waals surface area contributed by atoms with Gasteiger partial charge >= 0.3 is 5.97 Å². The van der Waals surface area contributed by atoms with Gasteiger partial charge < -0.3 is 9.26 Å². The summed E-state index contributed by atoms with van der Waals surface area (Å²) in [5.41, 5.74) is 0.0859. The van der Waals surface area contributed by atoms with Crippen molar-refractivity contribution in [1.29, 1.82) is 0 Å². The zero-order chi connectivity index (χ0) is 16.3. The first-order valence-electron chi connectivity index (χ1n) is 6.27. The number of carbonyl (C=O) groups is 1. The Hall–Kier alpha value is -2.42. The van der Waals surface area contributed by atoms with Gasteiger partial charge in [-0.15, -0.1) is 0 Å². The van der Waals surface area contributed by atoms with E-state index in [4.69, 9.17) is 9.26 Å². The molecule has 1 N–H and O–H groups in total. The highest BCUT2D eigenvalue weighted by atomic mass is 32.2. The second-order valence-corrected chi connectivity index (χ2v) is 5.93. The van der Waals surface area contributed by atoms with Crippen molar-refractivity contribution in [2.45, 2.75) is 18.7 Å². The summed E-state index contributed by atoms with van der Waals surface area (Å²) in [4.78, 5) is 11.6. The van der Waals surface area contributed by atoms with Crippen LogP contribution < -0.4 is 4.72 Å². The van der Waals surface area contributed by atoms with Crippen molar-refractivity contribution in [3.63, 3.8) is 0 Å². The van der Waals surface area contributed by atoms with Crippen molar-refractivity contribution >= 4 is 21.9 Å². The van der Waals surface area contributed by atoms with Crippen LogP contribution in [0.2, 0.25) is 0 Å². The van der Waals surface area contributed by atoms with E-state index < -0.39 is 21.8 Å². The lowest BCUT2D eigenvalue weighted by molar-refractivity contribution is 0.0526. The first-order chi connectivity index (χ1) is 10.3. The molecule has 0 radical (unpaired) electrons. The smallest absolute Gasteiger partial charge is 0.345 e. The molecule has 0 aliphatic carbocycles. The molecule has 1 aromatic carbocycles. The van der Waals surface area contributed by atoms with E-state index in [1.807, 2.05) is 0 Å². The molecule has 22 heavy (non-hydrogen) atoms. The molecule has 2 aromatic rings. The third-order valence-electron chi connectivity index (χ3n) is 2.69. The minimum Gasteiger partial charge on any atom is -0.462 e. The van der Waals surface area contributed by atoms with Crippen LogP contribution in [0.25, 0.3) is 0 Å². The number of aromatic nitrogens is 1. The van der Waals surface area contributed by atoms with Gasteiger partial charge in [0, 0.05) is 0 Å². The third-order valence-corrected chi connectivity index (χ3v) is 4.04. The molecule has 118 valence electrons. The quantitative estimate of drug-likeness (QED) is 0.844. The number of hydrogen-bond donors (Lipinski definition) is 1. The van der Waals surface area contributed by atoms with Crippen LogP contribution in [0.15, 0.2) is 33.7 Å². The average molecular weight is 328 g/mol. The average Bonchev–Trinajstić information content (AvgIpc) is 2.80. The van der Waals surface area contributed by atoms with Gasteiger partial charge in [0.25, 0.3) is 15.9 Å². The van der Waals surface area contributed by atoms with Crippen LogP contribution in [0.5, 0.6) is 0 Å². The van der Waals surface area contributed by atoms with Crippen molar-refractivity contribution in [1.82, 2.24) is 5.16 Å². The molecule has 0 aliphatic rings. The molecule has 1 aromatic heterocycles. The van der Waals surface area contributed by atoms with Crippen molar-refractivity contribution in [2.75, 3.05) is 11.3 Å². The summed E-state index contributed by atoms with van der Waals surface area (Å²) in [6.07, 6.45) is 0. The van der Waals surface area contributed by atoms with Gasteiger partial charge in [0.05, 0.1) is 17.2 Å². The second kappa shape index (κ2) is 6.14. The Labute approximate surface area is 126 Å². The second-order valence-electron chi connectivity index (χ2n) is 4.25. The number of halogens is 1. The number of nitrogens with one attached hydrogen (secondary N) is 1. The normalized spacial score (nSPS) is 11.2. The molecule has 0 fully saturated rings. The molecular weight excluding hydrogens is 315 g/mol. The van der Waals surface area contributed by atoms with Gasteiger partial charge in [0.1, 0.15) is 11.4 Å². The summed E-state index contributed by atoms with van der Waals surface area (Å²) < 4.78 is 49.0. The number of hydrogen-bond acceptors (Lipinski definition) is 6. The Bertz CT molecular complexity index is 783. The van der Waals surface area contributed by atoms with Crippen LogP contribution >= 0.6 is 0 Å². The number of nitrogens with zero attached hydrogens (tertiary/aromatic N) is 1. The zero-order valence-corrected chi connectivity index (χ0v) is 12.6. The maximum absolute atomic E-state index is 12.9. The van der Waals surface area contributed by atoms with E-state index in [0.717, 1.165) is 24.3 Å². The fourth-order valence-electron chi connectivity index (χ4n) is 1.68. The van der Waals surface area contributed by atoms with Crippen molar-refractivity contribution < 1.29 is 26.9 Å². The molecule has 0 bridgehead atoms. The van der Waals surface area contributed by atoms with Crippen molar-refractivity contribution in [3.8, 4) is 0 Å². The molecule has 0 spiro atoms. The Morgan fingerprint density at radius 2 is 2.00 bits per heavy atom. The Morgan fingerprint density at radius 3 is 2.59 bits per heavy atom. The summed E-state index contributed by atoms with van der Waals surface area (Å²) in [7, 11) is -4.05. The third kappa shape index (κ3) is 3.25. The Kier molecular flexibility index (Phi) is 4.45. The molecule has 0 atom stereocenters. The van der Waals surface area contributed by atoms with Crippen LogP contribution in [-0.2, 0) is 14.8 Å². The van der Waals surface area contributed by atoms with Gasteiger partial charge in [0.2, 0.25) is 0 Å². The first kappa shape index (κ1) is 16.0. The van der Waals surface area contributed by atoms with Crippen LogP contribution in [-0.4, -0.2) is 26.2 Å². The molecule has 0 amide bonds. The van der Waals surface area contributed by atoms with Gasteiger partial charge in [-0.2, -0.15) is 0 Å². The molecule has 9 heteroatoms. The highest BCUT2D eigenvalue weighted by Gasteiger charge is 2.26. The standard InChI is InChI=1S/C13H13FN2O5S/c1-3-20-13(17)11-8(2)15-21-12(11)16-22(18,19)10-6-4-9(14)5-7-10/h4-7,16H,3H2,1-2H3. The summed E-state index contributed by atoms with van der Waals surface area (Å²) >= 11 is 0. The number of anilines is 1. The first-order valence-corrected chi connectivity index (χ1v) is 7.75. The Morgan fingerprint density at radius 1 is 1.36 bits per heavy atom. The molecule has 0 aliphatic heterocycles. The number of esters is 1. The number of ether oxygens (including phenoxy) is 1. The number of benzene rings is 1. The lowest BCUT2D eigenvalue weighted by atomic mass is 10.2.